The molecule has 0 atom stereocenters. The van der Waals surface area contributed by atoms with Crippen LogP contribution in [-0.4, -0.2) is 24.7 Å². The molecule has 5 heteroatoms. The van der Waals surface area contributed by atoms with Gasteiger partial charge in [0, 0.05) is 17.7 Å². The Hall–Kier alpha value is -1.75. The minimum absolute atomic E-state index is 0.114. The van der Waals surface area contributed by atoms with E-state index in [1.54, 1.807) is 13.2 Å². The summed E-state index contributed by atoms with van der Waals surface area (Å²) in [6, 6.07) is 5.52. The summed E-state index contributed by atoms with van der Waals surface area (Å²) in [4.78, 5) is 0. The third-order valence-electron chi connectivity index (χ3n) is 3.95. The topological polar surface area (TPSA) is 79.9 Å². The molecule has 1 aliphatic rings. The number of hydrogen-bond donors (Lipinski definition) is 3. The van der Waals surface area contributed by atoms with Crippen LogP contribution < -0.4 is 15.8 Å². The molecule has 1 saturated carbocycles. The highest BCUT2D eigenvalue weighted by Crippen LogP contribution is 2.28. The number of oxime groups is 1. The maximum absolute atomic E-state index is 8.73. The third kappa shape index (κ3) is 3.63. The van der Waals surface area contributed by atoms with Crippen molar-refractivity contribution in [2.45, 2.75) is 32.2 Å². The average Bonchev–Trinajstić information content (AvgIpc) is 2.44. The first-order valence-electron chi connectivity index (χ1n) is 7.10. The number of hydrogen-bond acceptors (Lipinski definition) is 4. The van der Waals surface area contributed by atoms with Gasteiger partial charge in [-0.15, -0.1) is 0 Å². The first kappa shape index (κ1) is 14.7. The summed E-state index contributed by atoms with van der Waals surface area (Å²) in [7, 11) is 1.65. The van der Waals surface area contributed by atoms with Crippen LogP contribution >= 0.6 is 0 Å². The molecule has 0 aliphatic heterocycles. The van der Waals surface area contributed by atoms with E-state index in [0.717, 1.165) is 30.3 Å². The van der Waals surface area contributed by atoms with Gasteiger partial charge in [-0.3, -0.25) is 0 Å². The molecule has 0 spiro atoms. The summed E-state index contributed by atoms with van der Waals surface area (Å²) in [5, 5.41) is 15.2. The molecule has 5 nitrogen and oxygen atoms in total. The molecule has 0 unspecified atom stereocenters. The Morgan fingerprint density at radius 2 is 2.30 bits per heavy atom. The van der Waals surface area contributed by atoms with E-state index in [1.807, 2.05) is 12.1 Å². The lowest BCUT2D eigenvalue weighted by Gasteiger charge is -2.25. The lowest BCUT2D eigenvalue weighted by atomic mass is 9.83. The van der Waals surface area contributed by atoms with Crippen molar-refractivity contribution in [3.63, 3.8) is 0 Å². The van der Waals surface area contributed by atoms with E-state index >= 15 is 0 Å². The second-order valence-electron chi connectivity index (χ2n) is 5.27. The van der Waals surface area contributed by atoms with E-state index in [-0.39, 0.29) is 5.84 Å². The molecule has 0 bridgehead atoms. The van der Waals surface area contributed by atoms with Crippen molar-refractivity contribution < 1.29 is 9.94 Å². The van der Waals surface area contributed by atoms with Gasteiger partial charge in [-0.25, -0.2) is 0 Å². The number of methoxy groups -OCH3 is 1. The van der Waals surface area contributed by atoms with Gasteiger partial charge in [-0.1, -0.05) is 24.4 Å². The predicted molar refractivity (Wildman–Crippen MR) is 79.2 cm³/mol. The Kier molecular flexibility index (Phi) is 5.24. The van der Waals surface area contributed by atoms with Crippen LogP contribution in [0, 0.1) is 5.92 Å². The van der Waals surface area contributed by atoms with Crippen LogP contribution in [0.1, 0.15) is 36.8 Å². The largest absolute Gasteiger partial charge is 0.496 e. The normalized spacial score (nSPS) is 15.9. The van der Waals surface area contributed by atoms with E-state index in [1.165, 1.54) is 25.7 Å². The summed E-state index contributed by atoms with van der Waals surface area (Å²) in [6.45, 7) is 1.74. The first-order chi connectivity index (χ1) is 9.74. The number of benzene rings is 1. The zero-order valence-electron chi connectivity index (χ0n) is 11.9. The molecule has 1 aromatic carbocycles. The van der Waals surface area contributed by atoms with Crippen LogP contribution in [0.3, 0.4) is 0 Å². The zero-order valence-corrected chi connectivity index (χ0v) is 11.9. The van der Waals surface area contributed by atoms with Crippen LogP contribution in [0.25, 0.3) is 0 Å². The number of nitrogens with one attached hydrogen (secondary N) is 1. The minimum atomic E-state index is 0.114. The molecule has 1 fully saturated rings. The zero-order chi connectivity index (χ0) is 14.4. The van der Waals surface area contributed by atoms with Crippen molar-refractivity contribution in [2.24, 2.45) is 16.8 Å². The van der Waals surface area contributed by atoms with Crippen LogP contribution in [0.5, 0.6) is 5.75 Å². The van der Waals surface area contributed by atoms with Crippen LogP contribution in [0.4, 0.5) is 0 Å². The van der Waals surface area contributed by atoms with Crippen molar-refractivity contribution >= 4 is 5.84 Å². The van der Waals surface area contributed by atoms with Gasteiger partial charge in [0.25, 0.3) is 0 Å². The van der Waals surface area contributed by atoms with Crippen LogP contribution in [0.15, 0.2) is 23.4 Å². The fourth-order valence-electron chi connectivity index (χ4n) is 2.44. The molecule has 0 amide bonds. The highest BCUT2D eigenvalue weighted by Gasteiger charge is 2.16. The molecule has 110 valence electrons. The average molecular weight is 277 g/mol. The van der Waals surface area contributed by atoms with Gasteiger partial charge in [0.2, 0.25) is 0 Å². The van der Waals surface area contributed by atoms with Crippen molar-refractivity contribution in [3.05, 3.63) is 29.3 Å². The van der Waals surface area contributed by atoms with Crippen molar-refractivity contribution in [2.75, 3.05) is 13.7 Å². The number of nitrogens with zero attached hydrogens (tertiary/aromatic N) is 1. The van der Waals surface area contributed by atoms with Crippen LogP contribution in [0.2, 0.25) is 0 Å². The molecular weight excluding hydrogens is 254 g/mol. The minimum Gasteiger partial charge on any atom is -0.496 e. The molecular formula is C15H23N3O2. The van der Waals surface area contributed by atoms with Crippen molar-refractivity contribution in [1.29, 1.82) is 0 Å². The fraction of sp³-hybridized carbons (Fsp3) is 0.533. The van der Waals surface area contributed by atoms with Gasteiger partial charge in [0.15, 0.2) is 5.84 Å². The lowest BCUT2D eigenvalue weighted by molar-refractivity contribution is 0.292. The SMILES string of the molecule is COc1ccc(/C(N)=N/O)cc1CNCCC1CCC1. The van der Waals surface area contributed by atoms with Gasteiger partial charge in [0.1, 0.15) is 5.75 Å². The van der Waals surface area contributed by atoms with E-state index in [9.17, 15) is 0 Å². The second kappa shape index (κ2) is 7.14. The summed E-state index contributed by atoms with van der Waals surface area (Å²) in [5.41, 5.74) is 7.33. The summed E-state index contributed by atoms with van der Waals surface area (Å²) < 4.78 is 5.34. The fourth-order valence-corrected chi connectivity index (χ4v) is 2.44. The van der Waals surface area contributed by atoms with Gasteiger partial charge in [-0.2, -0.15) is 0 Å². The second-order valence-corrected chi connectivity index (χ2v) is 5.27. The van der Waals surface area contributed by atoms with Gasteiger partial charge >= 0.3 is 0 Å². The smallest absolute Gasteiger partial charge is 0.170 e. The van der Waals surface area contributed by atoms with E-state index in [4.69, 9.17) is 15.7 Å². The summed E-state index contributed by atoms with van der Waals surface area (Å²) in [6.07, 6.45) is 5.39. The monoisotopic (exact) mass is 277 g/mol. The van der Waals surface area contributed by atoms with Crippen LogP contribution in [-0.2, 0) is 6.54 Å². The Labute approximate surface area is 119 Å². The quantitative estimate of drug-likeness (QED) is 0.234. The molecule has 2 rings (SSSR count). The highest BCUT2D eigenvalue weighted by atomic mass is 16.5. The Morgan fingerprint density at radius 3 is 2.90 bits per heavy atom. The van der Waals surface area contributed by atoms with Crippen molar-refractivity contribution in [3.8, 4) is 5.75 Å². The molecule has 1 aromatic rings. The maximum Gasteiger partial charge on any atom is 0.170 e. The Balaban J connectivity index is 1.93. The summed E-state index contributed by atoms with van der Waals surface area (Å²) >= 11 is 0. The Bertz CT molecular complexity index is 470. The molecule has 0 heterocycles. The van der Waals surface area contributed by atoms with E-state index < -0.39 is 0 Å². The number of ether oxygens (including phenoxy) is 1. The van der Waals surface area contributed by atoms with Gasteiger partial charge < -0.3 is 21.0 Å². The molecule has 1 aliphatic carbocycles. The van der Waals surface area contributed by atoms with Gasteiger partial charge in [0.05, 0.1) is 7.11 Å². The van der Waals surface area contributed by atoms with E-state index in [2.05, 4.69) is 10.5 Å². The summed E-state index contributed by atoms with van der Waals surface area (Å²) in [5.74, 6) is 1.84. The van der Waals surface area contributed by atoms with Crippen molar-refractivity contribution in [1.82, 2.24) is 5.32 Å². The number of rotatable bonds is 7. The van der Waals surface area contributed by atoms with E-state index in [0.29, 0.717) is 5.56 Å². The molecule has 0 aromatic heterocycles. The lowest BCUT2D eigenvalue weighted by Crippen LogP contribution is -2.21. The Morgan fingerprint density at radius 1 is 1.50 bits per heavy atom. The first-order valence-corrected chi connectivity index (χ1v) is 7.10. The molecule has 0 saturated heterocycles. The number of nitrogens with two attached hydrogens (primary N) is 1. The third-order valence-corrected chi connectivity index (χ3v) is 3.95. The number of amidine groups is 1. The molecule has 0 radical (unpaired) electrons. The predicted octanol–water partition coefficient (Wildman–Crippen LogP) is 2.07. The molecule has 4 N–H and O–H groups in total. The highest BCUT2D eigenvalue weighted by molar-refractivity contribution is 5.97. The standard InChI is InChI=1S/C15H23N3O2/c1-20-14-6-5-12(15(16)18-19)9-13(14)10-17-8-7-11-3-2-4-11/h5-6,9,11,17,19H,2-4,7-8,10H2,1H3,(H2,16,18). The van der Waals surface area contributed by atoms with Gasteiger partial charge in [-0.05, 0) is 37.1 Å². The molecule has 20 heavy (non-hydrogen) atoms. The maximum atomic E-state index is 8.73.